The SMILES string of the molecule is CC(=O)NC(CC(=O)Nc1ccc(-n2cnc3ccccc32)cc1)c1ccc(C)cc1. The van der Waals surface area contributed by atoms with Crippen LogP contribution in [0.25, 0.3) is 16.7 Å². The standard InChI is InChI=1S/C25H24N4O2/c1-17-7-9-19(10-8-17)23(27-18(2)30)15-25(31)28-20-11-13-21(14-12-20)29-16-26-22-5-3-4-6-24(22)29/h3-14,16,23H,15H2,1-2H3,(H,27,30)(H,28,31). The van der Waals surface area contributed by atoms with Crippen molar-refractivity contribution in [2.24, 2.45) is 0 Å². The van der Waals surface area contributed by atoms with Gasteiger partial charge in [0.15, 0.2) is 0 Å². The first-order chi connectivity index (χ1) is 15.0. The predicted octanol–water partition coefficient (Wildman–Crippen LogP) is 4.54. The third-order valence-electron chi connectivity index (χ3n) is 5.13. The first-order valence-corrected chi connectivity index (χ1v) is 10.2. The summed E-state index contributed by atoms with van der Waals surface area (Å²) in [6.45, 7) is 3.46. The third kappa shape index (κ3) is 4.80. The van der Waals surface area contributed by atoms with Gasteiger partial charge in [-0.2, -0.15) is 0 Å². The molecule has 0 fully saturated rings. The monoisotopic (exact) mass is 412 g/mol. The van der Waals surface area contributed by atoms with Crippen LogP contribution in [0.5, 0.6) is 0 Å². The topological polar surface area (TPSA) is 76.0 Å². The third-order valence-corrected chi connectivity index (χ3v) is 5.13. The van der Waals surface area contributed by atoms with Crippen LogP contribution in [-0.4, -0.2) is 21.4 Å². The van der Waals surface area contributed by atoms with E-state index in [0.29, 0.717) is 5.69 Å². The second-order valence-electron chi connectivity index (χ2n) is 7.57. The van der Waals surface area contributed by atoms with E-state index in [1.165, 1.54) is 6.92 Å². The Hall–Kier alpha value is -3.93. The molecular weight excluding hydrogens is 388 g/mol. The van der Waals surface area contributed by atoms with Crippen molar-refractivity contribution >= 4 is 28.5 Å². The Morgan fingerprint density at radius 2 is 1.68 bits per heavy atom. The van der Waals surface area contributed by atoms with Gasteiger partial charge in [0.05, 0.1) is 23.5 Å². The van der Waals surface area contributed by atoms with Gasteiger partial charge in [-0.1, -0.05) is 42.0 Å². The Bertz CT molecular complexity index is 1210. The molecule has 1 aromatic heterocycles. The number of carbonyl (C=O) groups is 2. The van der Waals surface area contributed by atoms with Crippen LogP contribution in [-0.2, 0) is 9.59 Å². The Morgan fingerprint density at radius 1 is 0.968 bits per heavy atom. The molecule has 0 saturated carbocycles. The van der Waals surface area contributed by atoms with Gasteiger partial charge in [0.2, 0.25) is 11.8 Å². The Labute approximate surface area is 180 Å². The molecule has 0 radical (unpaired) electrons. The van der Waals surface area contributed by atoms with Crippen molar-refractivity contribution < 1.29 is 9.59 Å². The maximum Gasteiger partial charge on any atom is 0.226 e. The summed E-state index contributed by atoms with van der Waals surface area (Å²) in [7, 11) is 0. The zero-order valence-electron chi connectivity index (χ0n) is 17.5. The molecule has 156 valence electrons. The number of amides is 2. The lowest BCUT2D eigenvalue weighted by atomic mass is 10.0. The number of carbonyl (C=O) groups excluding carboxylic acids is 2. The van der Waals surface area contributed by atoms with E-state index in [1.54, 1.807) is 6.33 Å². The number of imidazole rings is 1. The summed E-state index contributed by atoms with van der Waals surface area (Å²) in [6, 6.07) is 23.0. The molecule has 0 saturated heterocycles. The number of rotatable bonds is 6. The predicted molar refractivity (Wildman–Crippen MR) is 122 cm³/mol. The van der Waals surface area contributed by atoms with E-state index < -0.39 is 0 Å². The van der Waals surface area contributed by atoms with E-state index >= 15 is 0 Å². The second kappa shape index (κ2) is 8.83. The molecule has 0 spiro atoms. The van der Waals surface area contributed by atoms with Gasteiger partial charge in [-0.3, -0.25) is 14.2 Å². The summed E-state index contributed by atoms with van der Waals surface area (Å²) < 4.78 is 2.01. The number of benzene rings is 3. The molecule has 3 aromatic carbocycles. The summed E-state index contributed by atoms with van der Waals surface area (Å²) >= 11 is 0. The lowest BCUT2D eigenvalue weighted by molar-refractivity contribution is -0.120. The molecule has 6 heteroatoms. The number of fused-ring (bicyclic) bond motifs is 1. The van der Waals surface area contributed by atoms with Crippen LogP contribution in [0.2, 0.25) is 0 Å². The van der Waals surface area contributed by atoms with Crippen molar-refractivity contribution in [3.05, 3.63) is 90.3 Å². The van der Waals surface area contributed by atoms with Crippen LogP contribution < -0.4 is 10.6 Å². The summed E-state index contributed by atoms with van der Waals surface area (Å²) in [5, 5.41) is 5.79. The highest BCUT2D eigenvalue weighted by molar-refractivity contribution is 5.91. The number of nitrogens with zero attached hydrogens (tertiary/aromatic N) is 2. The lowest BCUT2D eigenvalue weighted by Gasteiger charge is -2.18. The normalized spacial score (nSPS) is 11.8. The molecule has 0 aliphatic carbocycles. The van der Waals surface area contributed by atoms with Gasteiger partial charge in [0, 0.05) is 18.3 Å². The number of anilines is 1. The first-order valence-electron chi connectivity index (χ1n) is 10.2. The highest BCUT2D eigenvalue weighted by atomic mass is 16.2. The van der Waals surface area contributed by atoms with E-state index in [0.717, 1.165) is 27.8 Å². The van der Waals surface area contributed by atoms with Crippen LogP contribution in [0.15, 0.2) is 79.1 Å². The molecule has 2 N–H and O–H groups in total. The van der Waals surface area contributed by atoms with Gasteiger partial charge >= 0.3 is 0 Å². The van der Waals surface area contributed by atoms with Crippen molar-refractivity contribution in [3.63, 3.8) is 0 Å². The molecule has 31 heavy (non-hydrogen) atoms. The molecule has 4 rings (SSSR count). The largest absolute Gasteiger partial charge is 0.349 e. The fraction of sp³-hybridized carbons (Fsp3) is 0.160. The van der Waals surface area contributed by atoms with Gasteiger partial charge in [-0.25, -0.2) is 4.98 Å². The van der Waals surface area contributed by atoms with Crippen molar-refractivity contribution in [1.29, 1.82) is 0 Å². The first kappa shape index (κ1) is 20.3. The summed E-state index contributed by atoms with van der Waals surface area (Å²) in [5.74, 6) is -0.338. The minimum Gasteiger partial charge on any atom is -0.349 e. The number of hydrogen-bond acceptors (Lipinski definition) is 3. The van der Waals surface area contributed by atoms with Crippen molar-refractivity contribution in [3.8, 4) is 5.69 Å². The van der Waals surface area contributed by atoms with Gasteiger partial charge in [0.1, 0.15) is 6.33 Å². The Balaban J connectivity index is 1.46. The van der Waals surface area contributed by atoms with E-state index in [1.807, 2.05) is 84.3 Å². The number of aryl methyl sites for hydroxylation is 1. The summed E-state index contributed by atoms with van der Waals surface area (Å²) in [5.41, 5.74) is 5.64. The number of nitrogens with one attached hydrogen (secondary N) is 2. The molecule has 1 atom stereocenters. The van der Waals surface area contributed by atoms with Crippen LogP contribution in [0.1, 0.15) is 30.5 Å². The van der Waals surface area contributed by atoms with Crippen molar-refractivity contribution in [2.75, 3.05) is 5.32 Å². The van der Waals surface area contributed by atoms with Crippen LogP contribution >= 0.6 is 0 Å². The maximum atomic E-state index is 12.7. The zero-order valence-corrected chi connectivity index (χ0v) is 17.5. The fourth-order valence-electron chi connectivity index (χ4n) is 3.56. The van der Waals surface area contributed by atoms with Crippen LogP contribution in [0, 0.1) is 6.92 Å². The fourth-order valence-corrected chi connectivity index (χ4v) is 3.56. The average Bonchev–Trinajstić information content (AvgIpc) is 3.18. The van der Waals surface area contributed by atoms with Crippen LogP contribution in [0.4, 0.5) is 5.69 Å². The van der Waals surface area contributed by atoms with Gasteiger partial charge < -0.3 is 10.6 Å². The Kier molecular flexibility index (Phi) is 5.80. The highest BCUT2D eigenvalue weighted by Gasteiger charge is 2.17. The highest BCUT2D eigenvalue weighted by Crippen LogP contribution is 2.21. The molecule has 1 unspecified atom stereocenters. The second-order valence-corrected chi connectivity index (χ2v) is 7.57. The molecule has 0 aliphatic rings. The minimum atomic E-state index is -0.380. The quantitative estimate of drug-likeness (QED) is 0.488. The molecular formula is C25H24N4O2. The van der Waals surface area contributed by atoms with Crippen molar-refractivity contribution in [1.82, 2.24) is 14.9 Å². The van der Waals surface area contributed by atoms with Gasteiger partial charge in [0.25, 0.3) is 0 Å². The van der Waals surface area contributed by atoms with E-state index in [-0.39, 0.29) is 24.3 Å². The zero-order chi connectivity index (χ0) is 21.8. The van der Waals surface area contributed by atoms with Gasteiger partial charge in [-0.05, 0) is 48.9 Å². The molecule has 4 aromatic rings. The van der Waals surface area contributed by atoms with E-state index in [2.05, 4.69) is 15.6 Å². The summed E-state index contributed by atoms with van der Waals surface area (Å²) in [4.78, 5) is 28.7. The average molecular weight is 412 g/mol. The summed E-state index contributed by atoms with van der Waals surface area (Å²) in [6.07, 6.45) is 1.94. The number of para-hydroxylation sites is 2. The maximum absolute atomic E-state index is 12.7. The number of hydrogen-bond donors (Lipinski definition) is 2. The van der Waals surface area contributed by atoms with E-state index in [9.17, 15) is 9.59 Å². The van der Waals surface area contributed by atoms with E-state index in [4.69, 9.17) is 0 Å². The molecule has 2 amide bonds. The molecule has 1 heterocycles. The smallest absolute Gasteiger partial charge is 0.226 e. The Morgan fingerprint density at radius 3 is 2.39 bits per heavy atom. The molecule has 6 nitrogen and oxygen atoms in total. The minimum absolute atomic E-state index is 0.149. The molecule has 0 aliphatic heterocycles. The number of aromatic nitrogens is 2. The van der Waals surface area contributed by atoms with Crippen molar-refractivity contribution in [2.45, 2.75) is 26.3 Å². The molecule has 0 bridgehead atoms. The van der Waals surface area contributed by atoms with Crippen LogP contribution in [0.3, 0.4) is 0 Å². The van der Waals surface area contributed by atoms with Gasteiger partial charge in [-0.15, -0.1) is 0 Å². The lowest BCUT2D eigenvalue weighted by Crippen LogP contribution is -2.29.